The lowest BCUT2D eigenvalue weighted by atomic mass is 10.2. The molecule has 0 saturated heterocycles. The topological polar surface area (TPSA) is 80.7 Å². The molecule has 0 radical (unpaired) electrons. The molecule has 0 bridgehead atoms. The zero-order chi connectivity index (χ0) is 14.0. The molecule has 98 valence electrons. The Hall–Kier alpha value is -1.73. The number of carbonyl (C=O) groups is 1. The Kier molecular flexibility index (Phi) is 3.88. The molecule has 0 aliphatic rings. The highest BCUT2D eigenvalue weighted by Gasteiger charge is 2.54. The number of halogens is 1. The maximum atomic E-state index is 14.1. The summed E-state index contributed by atoms with van der Waals surface area (Å²) in [5.74, 6) is -1.81. The minimum Gasteiger partial charge on any atom is -0.423 e. The van der Waals surface area contributed by atoms with Gasteiger partial charge in [-0.3, -0.25) is 4.55 Å². The third-order valence-electron chi connectivity index (χ3n) is 2.12. The van der Waals surface area contributed by atoms with E-state index < -0.39 is 26.7 Å². The van der Waals surface area contributed by atoms with Crippen LogP contribution in [0.5, 0.6) is 5.75 Å². The summed E-state index contributed by atoms with van der Waals surface area (Å²) < 4.78 is 49.3. The van der Waals surface area contributed by atoms with E-state index in [1.807, 2.05) is 0 Å². The molecule has 1 rings (SSSR count). The smallest absolute Gasteiger partial charge is 0.372 e. The number of carbonyl (C=O) groups excluding carboxylic acids is 1. The van der Waals surface area contributed by atoms with Crippen molar-refractivity contribution in [3.63, 3.8) is 0 Å². The number of alkyl halides is 1. The van der Waals surface area contributed by atoms with Crippen LogP contribution in [-0.2, 0) is 14.9 Å². The molecule has 18 heavy (non-hydrogen) atoms. The molecule has 0 heterocycles. The van der Waals surface area contributed by atoms with Crippen LogP contribution in [0.3, 0.4) is 0 Å². The van der Waals surface area contributed by atoms with Gasteiger partial charge in [-0.1, -0.05) is 24.8 Å². The Morgan fingerprint density at radius 2 is 1.89 bits per heavy atom. The average Bonchev–Trinajstić information content (AvgIpc) is 2.27. The van der Waals surface area contributed by atoms with Crippen molar-refractivity contribution in [3.8, 4) is 5.75 Å². The van der Waals surface area contributed by atoms with Gasteiger partial charge in [-0.15, -0.1) is 0 Å². The van der Waals surface area contributed by atoms with Gasteiger partial charge in [-0.2, -0.15) is 8.42 Å². The molecule has 0 aromatic heterocycles. The van der Waals surface area contributed by atoms with Gasteiger partial charge in [0.15, 0.2) is 0 Å². The van der Waals surface area contributed by atoms with E-state index in [2.05, 4.69) is 11.3 Å². The van der Waals surface area contributed by atoms with Crippen LogP contribution < -0.4 is 4.74 Å². The van der Waals surface area contributed by atoms with Gasteiger partial charge in [0, 0.05) is 0 Å². The summed E-state index contributed by atoms with van der Waals surface area (Å²) in [7, 11) is -5.32. The predicted octanol–water partition coefficient (Wildman–Crippen LogP) is 1.72. The van der Waals surface area contributed by atoms with E-state index in [0.717, 1.165) is 6.92 Å². The van der Waals surface area contributed by atoms with Gasteiger partial charge in [0.2, 0.25) is 0 Å². The zero-order valence-corrected chi connectivity index (χ0v) is 10.3. The van der Waals surface area contributed by atoms with Crippen molar-refractivity contribution in [2.24, 2.45) is 0 Å². The van der Waals surface area contributed by atoms with Crippen LogP contribution in [0.2, 0.25) is 0 Å². The van der Waals surface area contributed by atoms with Crippen molar-refractivity contribution in [3.05, 3.63) is 42.5 Å². The standard InChI is InChI=1S/C11H11FO5S/c1-8(2)11(12,18(14,15)16)10(13)17-9-6-4-3-5-7-9/h3-7H,1H2,2H3,(H,14,15,16). The van der Waals surface area contributed by atoms with Crippen molar-refractivity contribution < 1.29 is 26.9 Å². The number of ether oxygens (including phenoxy) is 1. The summed E-state index contributed by atoms with van der Waals surface area (Å²) in [5, 5.41) is -3.68. The number of benzene rings is 1. The van der Waals surface area contributed by atoms with E-state index >= 15 is 0 Å². The van der Waals surface area contributed by atoms with E-state index in [0.29, 0.717) is 0 Å². The Labute approximate surface area is 104 Å². The number of para-hydroxylation sites is 1. The van der Waals surface area contributed by atoms with Crippen molar-refractivity contribution in [1.82, 2.24) is 0 Å². The second kappa shape index (κ2) is 4.87. The minimum atomic E-state index is -5.32. The van der Waals surface area contributed by atoms with Crippen LogP contribution in [0.15, 0.2) is 42.5 Å². The summed E-state index contributed by atoms with van der Waals surface area (Å²) in [4.78, 5) is 11.5. The van der Waals surface area contributed by atoms with Crippen LogP contribution in [-0.4, -0.2) is 23.9 Å². The largest absolute Gasteiger partial charge is 0.423 e. The minimum absolute atomic E-state index is 0.0468. The van der Waals surface area contributed by atoms with Crippen molar-refractivity contribution in [1.29, 1.82) is 0 Å². The molecule has 1 unspecified atom stereocenters. The van der Waals surface area contributed by atoms with Gasteiger partial charge < -0.3 is 4.74 Å². The Bertz CT molecular complexity index is 566. The van der Waals surface area contributed by atoms with Crippen LogP contribution >= 0.6 is 0 Å². The molecule has 0 aliphatic carbocycles. The normalized spacial score (nSPS) is 14.6. The molecular weight excluding hydrogens is 263 g/mol. The van der Waals surface area contributed by atoms with Crippen LogP contribution in [0.4, 0.5) is 4.39 Å². The zero-order valence-electron chi connectivity index (χ0n) is 9.46. The first-order valence-electron chi connectivity index (χ1n) is 4.79. The molecule has 0 aliphatic heterocycles. The Morgan fingerprint density at radius 3 is 2.28 bits per heavy atom. The third-order valence-corrected chi connectivity index (χ3v) is 3.35. The van der Waals surface area contributed by atoms with Crippen molar-refractivity contribution >= 4 is 16.1 Å². The fourth-order valence-electron chi connectivity index (χ4n) is 1.16. The van der Waals surface area contributed by atoms with E-state index in [-0.39, 0.29) is 5.75 Å². The summed E-state index contributed by atoms with van der Waals surface area (Å²) >= 11 is 0. The summed E-state index contributed by atoms with van der Waals surface area (Å²) in [6.45, 7) is 4.00. The van der Waals surface area contributed by atoms with Crippen molar-refractivity contribution in [2.75, 3.05) is 0 Å². The average molecular weight is 274 g/mol. The van der Waals surface area contributed by atoms with E-state index in [9.17, 15) is 17.6 Å². The quantitative estimate of drug-likeness (QED) is 0.391. The van der Waals surface area contributed by atoms with E-state index in [4.69, 9.17) is 4.55 Å². The maximum Gasteiger partial charge on any atom is 0.372 e. The molecule has 0 spiro atoms. The van der Waals surface area contributed by atoms with Crippen LogP contribution in [0.1, 0.15) is 6.92 Å². The molecule has 1 aromatic rings. The first kappa shape index (κ1) is 14.3. The Morgan fingerprint density at radius 1 is 1.39 bits per heavy atom. The second-order valence-corrected chi connectivity index (χ2v) is 5.07. The first-order valence-corrected chi connectivity index (χ1v) is 6.23. The SMILES string of the molecule is C=C(C)C(F)(C(=O)Oc1ccccc1)S(=O)(=O)O. The highest BCUT2D eigenvalue weighted by molar-refractivity contribution is 7.88. The molecular formula is C11H11FO5S. The van der Waals surface area contributed by atoms with Gasteiger partial charge in [-0.05, 0) is 24.6 Å². The summed E-state index contributed by atoms with van der Waals surface area (Å²) in [6, 6.07) is 7.32. The van der Waals surface area contributed by atoms with Crippen LogP contribution in [0.25, 0.3) is 0 Å². The lowest BCUT2D eigenvalue weighted by Gasteiger charge is -2.20. The van der Waals surface area contributed by atoms with Gasteiger partial charge in [-0.25, -0.2) is 9.18 Å². The molecule has 0 amide bonds. The van der Waals surface area contributed by atoms with Gasteiger partial charge in [0.25, 0.3) is 0 Å². The highest BCUT2D eigenvalue weighted by atomic mass is 32.2. The van der Waals surface area contributed by atoms with E-state index in [1.54, 1.807) is 6.07 Å². The molecule has 1 N–H and O–H groups in total. The molecule has 7 heteroatoms. The number of hydrogen-bond donors (Lipinski definition) is 1. The van der Waals surface area contributed by atoms with Gasteiger partial charge in [0.05, 0.1) is 0 Å². The molecule has 5 nitrogen and oxygen atoms in total. The predicted molar refractivity (Wildman–Crippen MR) is 62.3 cm³/mol. The number of esters is 1. The third kappa shape index (κ3) is 2.57. The number of rotatable bonds is 4. The summed E-state index contributed by atoms with van der Waals surface area (Å²) in [6.07, 6.45) is 0. The summed E-state index contributed by atoms with van der Waals surface area (Å²) in [5.41, 5.74) is -0.689. The lowest BCUT2D eigenvalue weighted by Crippen LogP contribution is -2.45. The fraction of sp³-hybridized carbons (Fsp3) is 0.182. The van der Waals surface area contributed by atoms with Gasteiger partial charge >= 0.3 is 21.1 Å². The Balaban J connectivity index is 3.11. The highest BCUT2D eigenvalue weighted by Crippen LogP contribution is 2.29. The molecule has 1 aromatic carbocycles. The molecule has 0 saturated carbocycles. The van der Waals surface area contributed by atoms with Gasteiger partial charge in [0.1, 0.15) is 5.75 Å². The number of hydrogen-bond acceptors (Lipinski definition) is 4. The van der Waals surface area contributed by atoms with Crippen molar-refractivity contribution in [2.45, 2.75) is 11.9 Å². The molecule has 1 atom stereocenters. The van der Waals surface area contributed by atoms with E-state index in [1.165, 1.54) is 24.3 Å². The fourth-order valence-corrected chi connectivity index (χ4v) is 1.85. The molecule has 0 fully saturated rings. The second-order valence-electron chi connectivity index (χ2n) is 3.55. The maximum absolute atomic E-state index is 14.1. The van der Waals surface area contributed by atoms with Crippen LogP contribution in [0, 0.1) is 0 Å². The lowest BCUT2D eigenvalue weighted by molar-refractivity contribution is -0.140. The first-order chi connectivity index (χ1) is 8.19. The monoisotopic (exact) mass is 274 g/mol.